The van der Waals surface area contributed by atoms with E-state index in [1.54, 1.807) is 0 Å². The molecule has 0 saturated heterocycles. The van der Waals surface area contributed by atoms with Crippen LogP contribution in [0.25, 0.3) is 0 Å². The molecule has 4 heteroatoms. The third-order valence-electron chi connectivity index (χ3n) is 6.63. The van der Waals surface area contributed by atoms with Crippen molar-refractivity contribution in [2.75, 3.05) is 0 Å². The fourth-order valence-electron chi connectivity index (χ4n) is 4.23. The summed E-state index contributed by atoms with van der Waals surface area (Å²) in [7, 11) is 0. The molecule has 0 aromatic heterocycles. The van der Waals surface area contributed by atoms with Gasteiger partial charge in [0.25, 0.3) is 0 Å². The molecule has 218 valence electrons. The molecule has 0 aromatic rings. The van der Waals surface area contributed by atoms with Gasteiger partial charge in [-0.05, 0) is 70.6 Å². The van der Waals surface area contributed by atoms with Crippen LogP contribution in [0.4, 0.5) is 0 Å². The predicted octanol–water partition coefficient (Wildman–Crippen LogP) is 10.4. The molecule has 0 saturated carbocycles. The molecule has 1 N–H and O–H groups in total. The molecule has 38 heavy (non-hydrogen) atoms. The lowest BCUT2D eigenvalue weighted by molar-refractivity contribution is -0.149. The summed E-state index contributed by atoms with van der Waals surface area (Å²) >= 11 is 0. The van der Waals surface area contributed by atoms with Crippen LogP contribution in [0.3, 0.4) is 0 Å². The maximum atomic E-state index is 12.2. The molecule has 0 fully saturated rings. The molecule has 1 unspecified atom stereocenters. The number of rotatable bonds is 27. The third kappa shape index (κ3) is 28.5. The summed E-state index contributed by atoms with van der Waals surface area (Å²) in [5.74, 6) is -0.753. The van der Waals surface area contributed by atoms with Gasteiger partial charge in [0.1, 0.15) is 6.10 Å². The molecule has 0 bridgehead atoms. The number of esters is 1. The van der Waals surface area contributed by atoms with E-state index in [-0.39, 0.29) is 12.1 Å². The number of carbonyl (C=O) groups is 2. The van der Waals surface area contributed by atoms with Crippen molar-refractivity contribution in [2.24, 2.45) is 0 Å². The van der Waals surface area contributed by atoms with E-state index in [0.717, 1.165) is 70.6 Å². The topological polar surface area (TPSA) is 63.6 Å². The van der Waals surface area contributed by atoms with Crippen molar-refractivity contribution in [3.8, 4) is 0 Å². The Morgan fingerprint density at radius 1 is 0.605 bits per heavy atom. The Hall–Kier alpha value is -2.10. The van der Waals surface area contributed by atoms with Crippen molar-refractivity contribution in [1.82, 2.24) is 0 Å². The van der Waals surface area contributed by atoms with Crippen molar-refractivity contribution in [3.63, 3.8) is 0 Å². The molecule has 0 radical (unpaired) electrons. The van der Waals surface area contributed by atoms with Gasteiger partial charge >= 0.3 is 11.9 Å². The quantitative estimate of drug-likeness (QED) is 0.0651. The Bertz CT molecular complexity index is 659. The highest BCUT2D eigenvalue weighted by molar-refractivity contribution is 5.69. The second-order valence-electron chi connectivity index (χ2n) is 10.3. The van der Waals surface area contributed by atoms with Gasteiger partial charge in [-0.2, -0.15) is 0 Å². The summed E-state index contributed by atoms with van der Waals surface area (Å²) in [4.78, 5) is 22.7. The molecule has 1 atom stereocenters. The van der Waals surface area contributed by atoms with Crippen LogP contribution < -0.4 is 0 Å². The SMILES string of the molecule is CCCCC/C=C\C/C=C\C/C=C\C/C=C\CCCC(=O)OC(CC)CCCCCCCCCCC(=O)O. The average molecular weight is 531 g/mol. The van der Waals surface area contributed by atoms with Crippen molar-refractivity contribution in [2.45, 2.75) is 155 Å². The first-order valence-electron chi connectivity index (χ1n) is 15.6. The first kappa shape index (κ1) is 35.9. The molecule has 0 heterocycles. The second kappa shape index (κ2) is 29.5. The number of hydrogen-bond donors (Lipinski definition) is 1. The van der Waals surface area contributed by atoms with Crippen molar-refractivity contribution < 1.29 is 19.4 Å². The van der Waals surface area contributed by atoms with Crippen LogP contribution in [0.15, 0.2) is 48.6 Å². The van der Waals surface area contributed by atoms with Gasteiger partial charge in [0.15, 0.2) is 0 Å². The highest BCUT2D eigenvalue weighted by Crippen LogP contribution is 2.15. The van der Waals surface area contributed by atoms with Gasteiger partial charge < -0.3 is 9.84 Å². The smallest absolute Gasteiger partial charge is 0.306 e. The standard InChI is InChI=1S/C34H58O4/c1-3-5-6-7-8-9-10-11-12-13-14-15-16-17-22-25-28-31-34(37)38-32(4-2)29-26-23-20-18-19-21-24-27-30-33(35)36/h8-9,11-12,14-15,17,22,32H,3-7,10,13,16,18-21,23-31H2,1-2H3,(H,35,36)/b9-8-,12-11-,15-14-,22-17-. The summed E-state index contributed by atoms with van der Waals surface area (Å²) in [6.45, 7) is 4.33. The fourth-order valence-corrected chi connectivity index (χ4v) is 4.23. The van der Waals surface area contributed by atoms with Crippen LogP contribution in [0, 0.1) is 0 Å². The highest BCUT2D eigenvalue weighted by Gasteiger charge is 2.11. The van der Waals surface area contributed by atoms with E-state index in [0.29, 0.717) is 12.8 Å². The summed E-state index contributed by atoms with van der Waals surface area (Å²) in [6, 6.07) is 0. The van der Waals surface area contributed by atoms with Gasteiger partial charge in [-0.15, -0.1) is 0 Å². The first-order chi connectivity index (χ1) is 18.6. The maximum Gasteiger partial charge on any atom is 0.306 e. The molecule has 0 aliphatic carbocycles. The number of unbranched alkanes of at least 4 members (excludes halogenated alkanes) is 11. The third-order valence-corrected chi connectivity index (χ3v) is 6.63. The number of carboxylic acids is 1. The summed E-state index contributed by atoms with van der Waals surface area (Å²) in [5, 5.41) is 8.64. The Morgan fingerprint density at radius 3 is 1.63 bits per heavy atom. The van der Waals surface area contributed by atoms with Gasteiger partial charge in [-0.3, -0.25) is 9.59 Å². The molecular weight excluding hydrogens is 472 g/mol. The van der Waals surface area contributed by atoms with Gasteiger partial charge in [0, 0.05) is 12.8 Å². The lowest BCUT2D eigenvalue weighted by Gasteiger charge is -2.16. The van der Waals surface area contributed by atoms with Gasteiger partial charge in [-0.25, -0.2) is 0 Å². The van der Waals surface area contributed by atoms with E-state index in [4.69, 9.17) is 9.84 Å². The van der Waals surface area contributed by atoms with E-state index >= 15 is 0 Å². The molecule has 0 aromatic carbocycles. The molecule has 0 aliphatic rings. The van der Waals surface area contributed by atoms with Crippen LogP contribution in [-0.2, 0) is 14.3 Å². The first-order valence-corrected chi connectivity index (χ1v) is 15.6. The average Bonchev–Trinajstić information content (AvgIpc) is 2.90. The molecule has 0 spiro atoms. The lowest BCUT2D eigenvalue weighted by Crippen LogP contribution is -2.17. The van der Waals surface area contributed by atoms with E-state index < -0.39 is 5.97 Å². The van der Waals surface area contributed by atoms with Crippen molar-refractivity contribution in [3.05, 3.63) is 48.6 Å². The zero-order chi connectivity index (χ0) is 27.9. The van der Waals surface area contributed by atoms with Crippen molar-refractivity contribution >= 4 is 11.9 Å². The molecule has 0 rings (SSSR count). The van der Waals surface area contributed by atoms with Gasteiger partial charge in [0.2, 0.25) is 0 Å². The van der Waals surface area contributed by atoms with Crippen LogP contribution in [0.1, 0.15) is 149 Å². The minimum absolute atomic E-state index is 0.0510. The Balaban J connectivity index is 3.64. The van der Waals surface area contributed by atoms with E-state index in [1.807, 2.05) is 0 Å². The van der Waals surface area contributed by atoms with E-state index in [2.05, 4.69) is 62.5 Å². The van der Waals surface area contributed by atoms with E-state index in [9.17, 15) is 9.59 Å². The number of carbonyl (C=O) groups excluding carboxylic acids is 1. The zero-order valence-corrected chi connectivity index (χ0v) is 24.7. The Kier molecular flexibility index (Phi) is 27.8. The van der Waals surface area contributed by atoms with Crippen LogP contribution in [0.5, 0.6) is 0 Å². The number of hydrogen-bond acceptors (Lipinski definition) is 3. The lowest BCUT2D eigenvalue weighted by atomic mass is 10.0. The van der Waals surface area contributed by atoms with E-state index in [1.165, 1.54) is 51.4 Å². The Morgan fingerprint density at radius 2 is 1.11 bits per heavy atom. The summed E-state index contributed by atoms with van der Waals surface area (Å²) in [6.07, 6.45) is 39.1. The maximum absolute atomic E-state index is 12.2. The second-order valence-corrected chi connectivity index (χ2v) is 10.3. The number of aliphatic carboxylic acids is 1. The fraction of sp³-hybridized carbons (Fsp3) is 0.706. The van der Waals surface area contributed by atoms with Crippen molar-refractivity contribution in [1.29, 1.82) is 0 Å². The van der Waals surface area contributed by atoms with Crippen LogP contribution >= 0.6 is 0 Å². The zero-order valence-electron chi connectivity index (χ0n) is 24.7. The normalized spacial score (nSPS) is 12.9. The van der Waals surface area contributed by atoms with Gasteiger partial charge in [-0.1, -0.05) is 114 Å². The molecule has 0 aliphatic heterocycles. The highest BCUT2D eigenvalue weighted by atomic mass is 16.5. The largest absolute Gasteiger partial charge is 0.481 e. The number of carboxylic acid groups (broad SMARTS) is 1. The molecule has 4 nitrogen and oxygen atoms in total. The van der Waals surface area contributed by atoms with Gasteiger partial charge in [0.05, 0.1) is 0 Å². The molecular formula is C34H58O4. The Labute approximate surface area is 234 Å². The minimum atomic E-state index is -0.692. The molecule has 0 amide bonds. The summed E-state index contributed by atoms with van der Waals surface area (Å²) < 4.78 is 5.69. The van der Waals surface area contributed by atoms with Crippen LogP contribution in [-0.4, -0.2) is 23.1 Å². The summed E-state index contributed by atoms with van der Waals surface area (Å²) in [5.41, 5.74) is 0. The number of ether oxygens (including phenoxy) is 1. The predicted molar refractivity (Wildman–Crippen MR) is 162 cm³/mol. The monoisotopic (exact) mass is 530 g/mol. The number of allylic oxidation sites excluding steroid dienone is 8. The van der Waals surface area contributed by atoms with Crippen LogP contribution in [0.2, 0.25) is 0 Å². The minimum Gasteiger partial charge on any atom is -0.481 e.